The van der Waals surface area contributed by atoms with Gasteiger partial charge in [0.2, 0.25) is 0 Å². The van der Waals surface area contributed by atoms with Gasteiger partial charge in [0.05, 0.1) is 5.02 Å². The fourth-order valence-electron chi connectivity index (χ4n) is 1.53. The molecule has 82 valence electrons. The van der Waals surface area contributed by atoms with Gasteiger partial charge in [0.25, 0.3) is 0 Å². The standard InChI is InChI=1S/C13H11ClFN/c1-8-2-3-9(6-13(8)16)11-5-4-10(15)7-12(11)14/h2-7H,16H2,1H3. The zero-order chi connectivity index (χ0) is 11.7. The first kappa shape index (κ1) is 11.0. The third-order valence-corrected chi connectivity index (χ3v) is 2.83. The molecule has 0 aromatic heterocycles. The highest BCUT2D eigenvalue weighted by Crippen LogP contribution is 2.30. The van der Waals surface area contributed by atoms with Crippen LogP contribution in [0.3, 0.4) is 0 Å². The number of anilines is 1. The molecule has 0 saturated carbocycles. The molecule has 0 aliphatic carbocycles. The predicted molar refractivity (Wildman–Crippen MR) is 66.0 cm³/mol. The van der Waals surface area contributed by atoms with Crippen LogP contribution in [-0.4, -0.2) is 0 Å². The highest BCUT2D eigenvalue weighted by Gasteiger charge is 2.05. The van der Waals surface area contributed by atoms with E-state index < -0.39 is 0 Å². The molecule has 0 spiro atoms. The van der Waals surface area contributed by atoms with Crippen molar-refractivity contribution < 1.29 is 4.39 Å². The molecule has 2 N–H and O–H groups in total. The van der Waals surface area contributed by atoms with E-state index in [0.717, 1.165) is 16.7 Å². The minimum absolute atomic E-state index is 0.339. The molecule has 0 radical (unpaired) electrons. The number of rotatable bonds is 1. The monoisotopic (exact) mass is 235 g/mol. The molecule has 0 saturated heterocycles. The molecule has 0 atom stereocenters. The van der Waals surface area contributed by atoms with Crippen LogP contribution in [0, 0.1) is 12.7 Å². The third kappa shape index (κ3) is 2.02. The van der Waals surface area contributed by atoms with Crippen molar-refractivity contribution in [2.75, 3.05) is 5.73 Å². The summed E-state index contributed by atoms with van der Waals surface area (Å²) in [5.74, 6) is -0.339. The van der Waals surface area contributed by atoms with Crippen molar-refractivity contribution in [3.8, 4) is 11.1 Å². The van der Waals surface area contributed by atoms with Crippen LogP contribution in [0.1, 0.15) is 5.56 Å². The average molecular weight is 236 g/mol. The van der Waals surface area contributed by atoms with E-state index >= 15 is 0 Å². The lowest BCUT2D eigenvalue weighted by atomic mass is 10.0. The Morgan fingerprint density at radius 2 is 1.88 bits per heavy atom. The Hall–Kier alpha value is -1.54. The number of hydrogen-bond donors (Lipinski definition) is 1. The lowest BCUT2D eigenvalue weighted by Gasteiger charge is -2.07. The summed E-state index contributed by atoms with van der Waals surface area (Å²) in [5, 5.41) is 0.392. The largest absolute Gasteiger partial charge is 0.398 e. The smallest absolute Gasteiger partial charge is 0.124 e. The fourth-order valence-corrected chi connectivity index (χ4v) is 1.81. The van der Waals surface area contributed by atoms with E-state index in [1.54, 1.807) is 6.07 Å². The second-order valence-electron chi connectivity index (χ2n) is 3.70. The van der Waals surface area contributed by atoms with Gasteiger partial charge in [0, 0.05) is 11.3 Å². The van der Waals surface area contributed by atoms with Crippen LogP contribution in [0.25, 0.3) is 11.1 Å². The van der Waals surface area contributed by atoms with E-state index in [4.69, 9.17) is 17.3 Å². The van der Waals surface area contributed by atoms with Crippen molar-refractivity contribution in [1.29, 1.82) is 0 Å². The second-order valence-corrected chi connectivity index (χ2v) is 4.10. The van der Waals surface area contributed by atoms with Gasteiger partial charge in [-0.1, -0.05) is 23.7 Å². The maximum Gasteiger partial charge on any atom is 0.124 e. The predicted octanol–water partition coefficient (Wildman–Crippen LogP) is 4.04. The molecule has 2 rings (SSSR count). The van der Waals surface area contributed by atoms with Crippen molar-refractivity contribution in [2.24, 2.45) is 0 Å². The molecule has 0 aliphatic heterocycles. The van der Waals surface area contributed by atoms with Crippen molar-refractivity contribution in [2.45, 2.75) is 6.92 Å². The quantitative estimate of drug-likeness (QED) is 0.742. The molecular formula is C13H11ClFN. The Morgan fingerprint density at radius 1 is 1.12 bits per heavy atom. The Bertz CT molecular complexity index is 537. The molecule has 2 aromatic rings. The van der Waals surface area contributed by atoms with Crippen molar-refractivity contribution in [3.05, 3.63) is 52.8 Å². The molecule has 0 amide bonds. The number of hydrogen-bond acceptors (Lipinski definition) is 1. The van der Waals surface area contributed by atoms with Crippen molar-refractivity contribution in [1.82, 2.24) is 0 Å². The molecule has 1 nitrogen and oxygen atoms in total. The number of benzene rings is 2. The van der Waals surface area contributed by atoms with Crippen LogP contribution in [0.2, 0.25) is 5.02 Å². The van der Waals surface area contributed by atoms with E-state index in [0.29, 0.717) is 10.7 Å². The third-order valence-electron chi connectivity index (χ3n) is 2.52. The summed E-state index contributed by atoms with van der Waals surface area (Å²) in [6.45, 7) is 1.94. The lowest BCUT2D eigenvalue weighted by Crippen LogP contribution is -1.90. The second kappa shape index (κ2) is 4.14. The van der Waals surface area contributed by atoms with Crippen LogP contribution >= 0.6 is 11.6 Å². The zero-order valence-electron chi connectivity index (χ0n) is 8.80. The first-order chi connectivity index (χ1) is 7.58. The topological polar surface area (TPSA) is 26.0 Å². The summed E-state index contributed by atoms with van der Waals surface area (Å²) < 4.78 is 12.9. The Balaban J connectivity index is 2.54. The Kier molecular flexibility index (Phi) is 2.84. The van der Waals surface area contributed by atoms with E-state index in [1.807, 2.05) is 25.1 Å². The minimum Gasteiger partial charge on any atom is -0.398 e. The van der Waals surface area contributed by atoms with E-state index in [-0.39, 0.29) is 5.82 Å². The molecule has 0 unspecified atom stereocenters. The van der Waals surface area contributed by atoms with Gasteiger partial charge in [0.1, 0.15) is 5.82 Å². The highest BCUT2D eigenvalue weighted by molar-refractivity contribution is 6.33. The van der Waals surface area contributed by atoms with Gasteiger partial charge in [-0.15, -0.1) is 0 Å². The number of aryl methyl sites for hydroxylation is 1. The van der Waals surface area contributed by atoms with Gasteiger partial charge in [-0.3, -0.25) is 0 Å². The van der Waals surface area contributed by atoms with Crippen LogP contribution in [-0.2, 0) is 0 Å². The van der Waals surface area contributed by atoms with E-state index in [1.165, 1.54) is 12.1 Å². The van der Waals surface area contributed by atoms with Gasteiger partial charge >= 0.3 is 0 Å². The zero-order valence-corrected chi connectivity index (χ0v) is 9.55. The molecule has 0 bridgehead atoms. The van der Waals surface area contributed by atoms with Crippen molar-refractivity contribution in [3.63, 3.8) is 0 Å². The molecule has 2 aromatic carbocycles. The van der Waals surface area contributed by atoms with E-state index in [2.05, 4.69) is 0 Å². The molecule has 0 fully saturated rings. The Morgan fingerprint density at radius 3 is 2.50 bits per heavy atom. The van der Waals surface area contributed by atoms with Gasteiger partial charge in [-0.25, -0.2) is 4.39 Å². The van der Waals surface area contributed by atoms with Gasteiger partial charge in [-0.05, 0) is 42.3 Å². The van der Waals surface area contributed by atoms with E-state index in [9.17, 15) is 4.39 Å². The normalized spacial score (nSPS) is 10.4. The van der Waals surface area contributed by atoms with Gasteiger partial charge in [-0.2, -0.15) is 0 Å². The lowest BCUT2D eigenvalue weighted by molar-refractivity contribution is 0.628. The van der Waals surface area contributed by atoms with Gasteiger partial charge < -0.3 is 5.73 Å². The fraction of sp³-hybridized carbons (Fsp3) is 0.0769. The Labute approximate surface area is 98.7 Å². The van der Waals surface area contributed by atoms with Crippen LogP contribution in [0.4, 0.5) is 10.1 Å². The SMILES string of the molecule is Cc1ccc(-c2ccc(F)cc2Cl)cc1N. The molecular weight excluding hydrogens is 225 g/mol. The first-order valence-electron chi connectivity index (χ1n) is 4.89. The molecule has 0 heterocycles. The van der Waals surface area contributed by atoms with Crippen LogP contribution in [0.15, 0.2) is 36.4 Å². The van der Waals surface area contributed by atoms with Gasteiger partial charge in [0.15, 0.2) is 0 Å². The summed E-state index contributed by atoms with van der Waals surface area (Å²) in [6.07, 6.45) is 0. The summed E-state index contributed by atoms with van der Waals surface area (Å²) in [7, 11) is 0. The highest BCUT2D eigenvalue weighted by atomic mass is 35.5. The number of nitrogens with two attached hydrogens (primary N) is 1. The summed E-state index contributed by atoms with van der Waals surface area (Å²) in [5.41, 5.74) is 9.23. The summed E-state index contributed by atoms with van der Waals surface area (Å²) in [6, 6.07) is 10.0. The molecule has 16 heavy (non-hydrogen) atoms. The minimum atomic E-state index is -0.339. The first-order valence-corrected chi connectivity index (χ1v) is 5.27. The van der Waals surface area contributed by atoms with Crippen LogP contribution < -0.4 is 5.73 Å². The van der Waals surface area contributed by atoms with Crippen LogP contribution in [0.5, 0.6) is 0 Å². The summed E-state index contributed by atoms with van der Waals surface area (Å²) >= 11 is 5.98. The molecule has 0 aliphatic rings. The average Bonchev–Trinajstić information content (AvgIpc) is 2.22. The number of halogens is 2. The number of nitrogen functional groups attached to an aromatic ring is 1. The summed E-state index contributed by atoms with van der Waals surface area (Å²) in [4.78, 5) is 0. The molecule has 3 heteroatoms. The maximum absolute atomic E-state index is 12.9. The maximum atomic E-state index is 12.9. The van der Waals surface area contributed by atoms with Crippen molar-refractivity contribution >= 4 is 17.3 Å².